The maximum absolute atomic E-state index is 6.13. The van der Waals surface area contributed by atoms with Gasteiger partial charge in [0.15, 0.2) is 0 Å². The second-order valence-electron chi connectivity index (χ2n) is 3.98. The summed E-state index contributed by atoms with van der Waals surface area (Å²) in [5.41, 5.74) is 1.04. The summed E-state index contributed by atoms with van der Waals surface area (Å²) in [5, 5.41) is 3.91. The molecule has 0 bridgehead atoms. The number of hydrogen-bond donors (Lipinski definition) is 1. The predicted octanol–water partition coefficient (Wildman–Crippen LogP) is 3.42. The minimum absolute atomic E-state index is 0.647. The van der Waals surface area contributed by atoms with E-state index in [-0.39, 0.29) is 0 Å². The average molecular weight is 337 g/mol. The molecule has 0 saturated carbocycles. The van der Waals surface area contributed by atoms with Crippen molar-refractivity contribution in [3.63, 3.8) is 0 Å². The summed E-state index contributed by atoms with van der Waals surface area (Å²) in [6, 6.07) is 3.85. The van der Waals surface area contributed by atoms with Gasteiger partial charge in [-0.05, 0) is 37.6 Å². The summed E-state index contributed by atoms with van der Waals surface area (Å²) in [6.45, 7) is 5.16. The first-order valence-corrected chi connectivity index (χ1v) is 7.10. The number of nitrogens with one attached hydrogen (secondary N) is 1. The van der Waals surface area contributed by atoms with E-state index in [9.17, 15) is 0 Å². The SMILES string of the molecule is COCCNCCCOc1c(C)cc(Br)cc1Cl. The molecule has 0 fully saturated rings. The van der Waals surface area contributed by atoms with Gasteiger partial charge in [-0.2, -0.15) is 0 Å². The summed E-state index contributed by atoms with van der Waals surface area (Å²) < 4.78 is 11.6. The number of ether oxygens (including phenoxy) is 2. The standard InChI is InChI=1S/C13H19BrClNO2/c1-10-8-11(14)9-12(15)13(10)18-6-3-4-16-5-7-17-2/h8-9,16H,3-7H2,1-2H3. The van der Waals surface area contributed by atoms with Crippen molar-refractivity contribution in [3.05, 3.63) is 27.2 Å². The van der Waals surface area contributed by atoms with Gasteiger partial charge in [0.25, 0.3) is 0 Å². The summed E-state index contributed by atoms with van der Waals surface area (Å²) in [7, 11) is 1.70. The van der Waals surface area contributed by atoms with E-state index in [1.807, 2.05) is 19.1 Å². The molecule has 0 aromatic heterocycles. The van der Waals surface area contributed by atoms with Crippen molar-refractivity contribution in [2.75, 3.05) is 33.4 Å². The molecule has 0 radical (unpaired) electrons. The van der Waals surface area contributed by atoms with Gasteiger partial charge in [0.2, 0.25) is 0 Å². The lowest BCUT2D eigenvalue weighted by Crippen LogP contribution is -2.21. The van der Waals surface area contributed by atoms with Gasteiger partial charge in [0.1, 0.15) is 5.75 Å². The van der Waals surface area contributed by atoms with Gasteiger partial charge in [0, 0.05) is 18.1 Å². The molecule has 1 N–H and O–H groups in total. The smallest absolute Gasteiger partial charge is 0.140 e. The molecule has 0 amide bonds. The molecule has 0 aliphatic carbocycles. The highest BCUT2D eigenvalue weighted by atomic mass is 79.9. The topological polar surface area (TPSA) is 30.5 Å². The van der Waals surface area contributed by atoms with Crippen LogP contribution in [0, 0.1) is 6.92 Å². The minimum atomic E-state index is 0.647. The Kier molecular flexibility index (Phi) is 7.66. The van der Waals surface area contributed by atoms with Crippen molar-refractivity contribution in [1.29, 1.82) is 0 Å². The van der Waals surface area contributed by atoms with Crippen molar-refractivity contribution in [2.24, 2.45) is 0 Å². The normalized spacial score (nSPS) is 10.7. The van der Waals surface area contributed by atoms with E-state index in [1.54, 1.807) is 7.11 Å². The van der Waals surface area contributed by atoms with E-state index >= 15 is 0 Å². The number of hydrogen-bond acceptors (Lipinski definition) is 3. The van der Waals surface area contributed by atoms with Crippen molar-refractivity contribution in [1.82, 2.24) is 5.32 Å². The first-order valence-electron chi connectivity index (χ1n) is 5.93. The van der Waals surface area contributed by atoms with Crippen molar-refractivity contribution in [3.8, 4) is 5.75 Å². The number of benzene rings is 1. The van der Waals surface area contributed by atoms with Crippen LogP contribution < -0.4 is 10.1 Å². The van der Waals surface area contributed by atoms with E-state index in [0.29, 0.717) is 11.6 Å². The molecule has 0 aliphatic heterocycles. The summed E-state index contributed by atoms with van der Waals surface area (Å²) in [6.07, 6.45) is 0.940. The van der Waals surface area contributed by atoms with Crippen LogP contribution in [0.25, 0.3) is 0 Å². The predicted molar refractivity (Wildman–Crippen MR) is 78.7 cm³/mol. The zero-order valence-corrected chi connectivity index (χ0v) is 13.1. The molecule has 1 aromatic rings. The number of rotatable bonds is 8. The van der Waals surface area contributed by atoms with Crippen LogP contribution in [0.1, 0.15) is 12.0 Å². The van der Waals surface area contributed by atoms with Crippen LogP contribution in [-0.2, 0) is 4.74 Å². The molecule has 18 heavy (non-hydrogen) atoms. The van der Waals surface area contributed by atoms with Crippen LogP contribution in [0.5, 0.6) is 5.75 Å². The molecule has 0 saturated heterocycles. The number of halogens is 2. The minimum Gasteiger partial charge on any atom is -0.492 e. The van der Waals surface area contributed by atoms with Crippen molar-refractivity contribution >= 4 is 27.5 Å². The van der Waals surface area contributed by atoms with Gasteiger partial charge in [-0.25, -0.2) is 0 Å². The van der Waals surface area contributed by atoms with Gasteiger partial charge in [0.05, 0.1) is 18.2 Å². The molecule has 3 nitrogen and oxygen atoms in total. The maximum Gasteiger partial charge on any atom is 0.140 e. The molecule has 0 aliphatic rings. The Labute approximate surface area is 122 Å². The summed E-state index contributed by atoms with van der Waals surface area (Å²) >= 11 is 9.53. The largest absolute Gasteiger partial charge is 0.492 e. The third-order valence-corrected chi connectivity index (χ3v) is 3.16. The van der Waals surface area contributed by atoms with Gasteiger partial charge in [-0.3, -0.25) is 0 Å². The van der Waals surface area contributed by atoms with E-state index < -0.39 is 0 Å². The van der Waals surface area contributed by atoms with Crippen LogP contribution >= 0.6 is 27.5 Å². The molecule has 0 atom stereocenters. The molecule has 0 heterocycles. The fourth-order valence-corrected chi connectivity index (χ4v) is 2.57. The van der Waals surface area contributed by atoms with Crippen LogP contribution in [-0.4, -0.2) is 33.4 Å². The van der Waals surface area contributed by atoms with E-state index in [1.165, 1.54) is 0 Å². The van der Waals surface area contributed by atoms with Crippen molar-refractivity contribution < 1.29 is 9.47 Å². The maximum atomic E-state index is 6.13. The van der Waals surface area contributed by atoms with E-state index in [4.69, 9.17) is 21.1 Å². The lowest BCUT2D eigenvalue weighted by atomic mass is 10.2. The molecular weight excluding hydrogens is 318 g/mol. The lowest BCUT2D eigenvalue weighted by molar-refractivity contribution is 0.198. The lowest BCUT2D eigenvalue weighted by Gasteiger charge is -2.11. The Morgan fingerprint density at radius 3 is 2.72 bits per heavy atom. The first-order chi connectivity index (χ1) is 8.65. The summed E-state index contributed by atoms with van der Waals surface area (Å²) in [4.78, 5) is 0. The number of aryl methyl sites for hydroxylation is 1. The zero-order chi connectivity index (χ0) is 13.4. The second kappa shape index (κ2) is 8.75. The Hall–Kier alpha value is -0.290. The van der Waals surface area contributed by atoms with Crippen LogP contribution in [0.4, 0.5) is 0 Å². The number of methoxy groups -OCH3 is 1. The molecule has 1 aromatic carbocycles. The second-order valence-corrected chi connectivity index (χ2v) is 5.30. The molecule has 0 spiro atoms. The third-order valence-electron chi connectivity index (χ3n) is 2.42. The molecular formula is C13H19BrClNO2. The van der Waals surface area contributed by atoms with Crippen LogP contribution in [0.15, 0.2) is 16.6 Å². The Morgan fingerprint density at radius 1 is 1.28 bits per heavy atom. The van der Waals surface area contributed by atoms with E-state index in [2.05, 4.69) is 21.2 Å². The highest BCUT2D eigenvalue weighted by Gasteiger charge is 2.06. The first kappa shape index (κ1) is 15.8. The quantitative estimate of drug-likeness (QED) is 0.738. The average Bonchev–Trinajstić information content (AvgIpc) is 2.30. The highest BCUT2D eigenvalue weighted by molar-refractivity contribution is 9.10. The van der Waals surface area contributed by atoms with Gasteiger partial charge in [-0.15, -0.1) is 0 Å². The molecule has 1 rings (SSSR count). The van der Waals surface area contributed by atoms with Gasteiger partial charge < -0.3 is 14.8 Å². The molecule has 102 valence electrons. The Morgan fingerprint density at radius 2 is 2.06 bits per heavy atom. The Bertz CT molecular complexity index is 351. The summed E-state index contributed by atoms with van der Waals surface area (Å²) in [5.74, 6) is 0.775. The van der Waals surface area contributed by atoms with Crippen LogP contribution in [0.2, 0.25) is 5.02 Å². The van der Waals surface area contributed by atoms with Crippen LogP contribution in [0.3, 0.4) is 0 Å². The highest BCUT2D eigenvalue weighted by Crippen LogP contribution is 2.31. The zero-order valence-electron chi connectivity index (χ0n) is 10.8. The third kappa shape index (κ3) is 5.57. The fourth-order valence-electron chi connectivity index (χ4n) is 1.54. The molecule has 5 heteroatoms. The van der Waals surface area contributed by atoms with Gasteiger partial charge in [-0.1, -0.05) is 27.5 Å². The monoisotopic (exact) mass is 335 g/mol. The fraction of sp³-hybridized carbons (Fsp3) is 0.538. The molecule has 0 unspecified atom stereocenters. The van der Waals surface area contributed by atoms with Gasteiger partial charge >= 0.3 is 0 Å². The van der Waals surface area contributed by atoms with E-state index in [0.717, 1.165) is 41.9 Å². The Balaban J connectivity index is 2.27. The van der Waals surface area contributed by atoms with Crippen molar-refractivity contribution in [2.45, 2.75) is 13.3 Å².